The number of imidazole rings is 1. The lowest BCUT2D eigenvalue weighted by atomic mass is 10.2. The van der Waals surface area contributed by atoms with Crippen molar-refractivity contribution < 1.29 is 9.13 Å². The summed E-state index contributed by atoms with van der Waals surface area (Å²) in [5, 5.41) is 0. The number of hydrogen-bond donors (Lipinski definition) is 1. The SMILES string of the molecule is COc1cc(N2CCN(c3ncnc4nc[nH]c34)CC2)ccc1F. The minimum absolute atomic E-state index is 0.268. The number of hydrogen-bond acceptors (Lipinski definition) is 6. The fourth-order valence-corrected chi connectivity index (χ4v) is 3.01. The molecule has 24 heavy (non-hydrogen) atoms. The van der Waals surface area contributed by atoms with E-state index in [1.54, 1.807) is 18.5 Å². The van der Waals surface area contributed by atoms with Crippen molar-refractivity contribution in [1.82, 2.24) is 19.9 Å². The Morgan fingerprint density at radius 3 is 2.67 bits per heavy atom. The Labute approximate surface area is 138 Å². The number of anilines is 2. The number of benzene rings is 1. The highest BCUT2D eigenvalue weighted by atomic mass is 19.1. The van der Waals surface area contributed by atoms with E-state index < -0.39 is 0 Å². The third-order valence-electron chi connectivity index (χ3n) is 4.28. The molecule has 0 amide bonds. The topological polar surface area (TPSA) is 70.2 Å². The van der Waals surface area contributed by atoms with Gasteiger partial charge in [0.25, 0.3) is 0 Å². The molecular formula is C16H17FN6O. The number of rotatable bonds is 3. The average Bonchev–Trinajstić information content (AvgIpc) is 3.11. The normalized spacial score (nSPS) is 15.1. The molecular weight excluding hydrogens is 311 g/mol. The van der Waals surface area contributed by atoms with Crippen LogP contribution in [0.2, 0.25) is 0 Å². The van der Waals surface area contributed by atoms with E-state index in [1.165, 1.54) is 19.5 Å². The zero-order chi connectivity index (χ0) is 16.5. The van der Waals surface area contributed by atoms with E-state index in [1.807, 2.05) is 0 Å². The summed E-state index contributed by atoms with van der Waals surface area (Å²) in [5.74, 6) is 0.793. The van der Waals surface area contributed by atoms with Crippen LogP contribution in [-0.2, 0) is 0 Å². The zero-order valence-corrected chi connectivity index (χ0v) is 13.2. The van der Waals surface area contributed by atoms with Crippen molar-refractivity contribution in [3.8, 4) is 5.75 Å². The zero-order valence-electron chi connectivity index (χ0n) is 13.2. The van der Waals surface area contributed by atoms with Crippen LogP contribution in [0.5, 0.6) is 5.75 Å². The predicted molar refractivity (Wildman–Crippen MR) is 89.1 cm³/mol. The Kier molecular flexibility index (Phi) is 3.64. The second kappa shape index (κ2) is 5.95. The van der Waals surface area contributed by atoms with Crippen LogP contribution in [0.15, 0.2) is 30.9 Å². The van der Waals surface area contributed by atoms with Gasteiger partial charge >= 0.3 is 0 Å². The van der Waals surface area contributed by atoms with Gasteiger partial charge in [-0.2, -0.15) is 0 Å². The lowest BCUT2D eigenvalue weighted by Crippen LogP contribution is -2.47. The quantitative estimate of drug-likeness (QED) is 0.791. The van der Waals surface area contributed by atoms with Crippen molar-refractivity contribution >= 4 is 22.7 Å². The first-order valence-electron chi connectivity index (χ1n) is 7.74. The molecule has 0 radical (unpaired) electrons. The predicted octanol–water partition coefficient (Wildman–Crippen LogP) is 1.83. The second-order valence-corrected chi connectivity index (χ2v) is 5.59. The Balaban J connectivity index is 1.52. The average molecular weight is 328 g/mol. The summed E-state index contributed by atoms with van der Waals surface area (Å²) >= 11 is 0. The van der Waals surface area contributed by atoms with Gasteiger partial charge in [0.05, 0.1) is 13.4 Å². The molecule has 3 aromatic rings. The molecule has 1 aliphatic heterocycles. The van der Waals surface area contributed by atoms with Crippen LogP contribution in [0.1, 0.15) is 0 Å². The number of halogens is 1. The molecule has 124 valence electrons. The minimum atomic E-state index is -0.345. The molecule has 0 aliphatic carbocycles. The summed E-state index contributed by atoms with van der Waals surface area (Å²) in [5.41, 5.74) is 2.49. The van der Waals surface area contributed by atoms with Crippen LogP contribution in [-0.4, -0.2) is 53.2 Å². The van der Waals surface area contributed by atoms with E-state index in [0.717, 1.165) is 43.2 Å². The summed E-state index contributed by atoms with van der Waals surface area (Å²) in [7, 11) is 1.48. The number of fused-ring (bicyclic) bond motifs is 1. The van der Waals surface area contributed by atoms with Crippen molar-refractivity contribution in [3.63, 3.8) is 0 Å². The molecule has 4 rings (SSSR count). The highest BCUT2D eigenvalue weighted by molar-refractivity contribution is 5.82. The first-order valence-corrected chi connectivity index (χ1v) is 7.74. The van der Waals surface area contributed by atoms with E-state index >= 15 is 0 Å². The number of aromatic amines is 1. The lowest BCUT2D eigenvalue weighted by molar-refractivity contribution is 0.386. The molecule has 2 aromatic heterocycles. The maximum atomic E-state index is 13.6. The Bertz CT molecular complexity index is 859. The number of aromatic nitrogens is 4. The Hall–Kier alpha value is -2.90. The highest BCUT2D eigenvalue weighted by Gasteiger charge is 2.21. The lowest BCUT2D eigenvalue weighted by Gasteiger charge is -2.36. The molecule has 1 fully saturated rings. The van der Waals surface area contributed by atoms with E-state index in [2.05, 4.69) is 29.7 Å². The van der Waals surface area contributed by atoms with Gasteiger partial charge in [0.15, 0.2) is 23.0 Å². The molecule has 7 nitrogen and oxygen atoms in total. The van der Waals surface area contributed by atoms with Crippen LogP contribution in [0.25, 0.3) is 11.2 Å². The second-order valence-electron chi connectivity index (χ2n) is 5.59. The number of nitrogens with one attached hydrogen (secondary N) is 1. The van der Waals surface area contributed by atoms with Gasteiger partial charge < -0.3 is 19.5 Å². The summed E-state index contributed by atoms with van der Waals surface area (Å²) in [4.78, 5) is 20.2. The van der Waals surface area contributed by atoms with Gasteiger partial charge in [-0.05, 0) is 12.1 Å². The van der Waals surface area contributed by atoms with Gasteiger partial charge in [-0.3, -0.25) is 0 Å². The van der Waals surface area contributed by atoms with E-state index in [0.29, 0.717) is 5.65 Å². The van der Waals surface area contributed by atoms with Gasteiger partial charge in [-0.1, -0.05) is 0 Å². The van der Waals surface area contributed by atoms with Crippen LogP contribution >= 0.6 is 0 Å². The monoisotopic (exact) mass is 328 g/mol. The van der Waals surface area contributed by atoms with Crippen molar-refractivity contribution in [2.24, 2.45) is 0 Å². The van der Waals surface area contributed by atoms with Crippen molar-refractivity contribution in [3.05, 3.63) is 36.7 Å². The smallest absolute Gasteiger partial charge is 0.182 e. The van der Waals surface area contributed by atoms with Crippen molar-refractivity contribution in [2.75, 3.05) is 43.1 Å². The van der Waals surface area contributed by atoms with Crippen molar-refractivity contribution in [2.45, 2.75) is 0 Å². The molecule has 0 spiro atoms. The first kappa shape index (κ1) is 14.7. The first-order chi connectivity index (χ1) is 11.8. The molecule has 3 heterocycles. The molecule has 8 heteroatoms. The number of nitrogens with zero attached hydrogens (tertiary/aromatic N) is 5. The maximum absolute atomic E-state index is 13.6. The third kappa shape index (κ3) is 2.49. The van der Waals surface area contributed by atoms with E-state index in [-0.39, 0.29) is 11.6 Å². The molecule has 0 saturated carbocycles. The third-order valence-corrected chi connectivity index (χ3v) is 4.28. The van der Waals surface area contributed by atoms with Crippen LogP contribution in [0, 0.1) is 5.82 Å². The maximum Gasteiger partial charge on any atom is 0.182 e. The molecule has 0 atom stereocenters. The standard InChI is InChI=1S/C16H17FN6O/c1-24-13-8-11(2-3-12(13)17)22-4-6-23(7-5-22)16-14-15(19-9-18-14)20-10-21-16/h2-3,8-10H,4-7H2,1H3,(H,18,19,20,21). The summed E-state index contributed by atoms with van der Waals surface area (Å²) in [6.45, 7) is 3.25. The molecule has 0 bridgehead atoms. The number of piperazine rings is 1. The van der Waals surface area contributed by atoms with E-state index in [4.69, 9.17) is 4.74 Å². The number of H-pyrrole nitrogens is 1. The summed E-state index contributed by atoms with van der Waals surface area (Å²) in [6, 6.07) is 4.97. The van der Waals surface area contributed by atoms with Crippen molar-refractivity contribution in [1.29, 1.82) is 0 Å². The van der Waals surface area contributed by atoms with Gasteiger partial charge in [-0.25, -0.2) is 19.3 Å². The molecule has 1 aliphatic rings. The van der Waals surface area contributed by atoms with E-state index in [9.17, 15) is 4.39 Å². The molecule has 1 aromatic carbocycles. The van der Waals surface area contributed by atoms with Crippen LogP contribution in [0.3, 0.4) is 0 Å². The molecule has 1 saturated heterocycles. The summed E-state index contributed by atoms with van der Waals surface area (Å²) < 4.78 is 18.6. The Morgan fingerprint density at radius 1 is 1.08 bits per heavy atom. The molecule has 1 N–H and O–H groups in total. The fraction of sp³-hybridized carbons (Fsp3) is 0.312. The largest absolute Gasteiger partial charge is 0.494 e. The molecule has 0 unspecified atom stereocenters. The number of ether oxygens (including phenoxy) is 1. The van der Waals surface area contributed by atoms with Gasteiger partial charge in [0.2, 0.25) is 0 Å². The van der Waals surface area contributed by atoms with Gasteiger partial charge in [0, 0.05) is 37.9 Å². The van der Waals surface area contributed by atoms with Gasteiger partial charge in [-0.15, -0.1) is 0 Å². The number of methoxy groups -OCH3 is 1. The Morgan fingerprint density at radius 2 is 1.88 bits per heavy atom. The van der Waals surface area contributed by atoms with Gasteiger partial charge in [0.1, 0.15) is 11.8 Å². The van der Waals surface area contributed by atoms with Crippen LogP contribution in [0.4, 0.5) is 15.9 Å². The van der Waals surface area contributed by atoms with Crippen LogP contribution < -0.4 is 14.5 Å². The highest BCUT2D eigenvalue weighted by Crippen LogP contribution is 2.27. The minimum Gasteiger partial charge on any atom is -0.494 e. The summed E-state index contributed by atoms with van der Waals surface area (Å²) in [6.07, 6.45) is 3.17. The fourth-order valence-electron chi connectivity index (χ4n) is 3.01.